The lowest BCUT2D eigenvalue weighted by atomic mass is 10.2. The van der Waals surface area contributed by atoms with Crippen LogP contribution in [0.4, 0.5) is 0 Å². The molecule has 0 N–H and O–H groups in total. The number of hydrogen-bond donors (Lipinski definition) is 0. The lowest BCUT2D eigenvalue weighted by molar-refractivity contribution is 0.0921. The maximum atomic E-state index is 12.0. The third-order valence-electron chi connectivity index (χ3n) is 2.41. The van der Waals surface area contributed by atoms with Gasteiger partial charge in [-0.1, -0.05) is 11.6 Å². The average molecular weight is 439 g/mol. The van der Waals surface area contributed by atoms with Crippen LogP contribution in [0.25, 0.3) is 0 Å². The minimum Gasteiger partial charge on any atom is -0.484 e. The van der Waals surface area contributed by atoms with Gasteiger partial charge in [0.05, 0.1) is 12.6 Å². The molecule has 1 heterocycles. The zero-order valence-electron chi connectivity index (χ0n) is 9.86. The summed E-state index contributed by atoms with van der Waals surface area (Å²) in [6.45, 7) is -0.123. The van der Waals surface area contributed by atoms with E-state index in [2.05, 4.69) is 31.9 Å². The highest BCUT2D eigenvalue weighted by Gasteiger charge is 2.15. The molecule has 0 unspecified atom stereocenters. The van der Waals surface area contributed by atoms with Gasteiger partial charge >= 0.3 is 0 Å². The Morgan fingerprint density at radius 1 is 1.35 bits per heavy atom. The van der Waals surface area contributed by atoms with E-state index in [0.29, 0.717) is 28.2 Å². The number of ketones is 1. The van der Waals surface area contributed by atoms with Crippen LogP contribution in [0.5, 0.6) is 5.75 Å². The number of carbonyl (C=O) groups is 2. The summed E-state index contributed by atoms with van der Waals surface area (Å²) in [6.07, 6.45) is 0.695. The predicted octanol–water partition coefficient (Wildman–Crippen LogP) is 5.00. The Kier molecular flexibility index (Phi) is 5.37. The molecule has 0 saturated carbocycles. The molecule has 0 bridgehead atoms. The number of hydrogen-bond acceptors (Lipinski definition) is 4. The zero-order chi connectivity index (χ0) is 14.7. The second-order valence-corrected chi connectivity index (χ2v) is 7.91. The molecule has 104 valence electrons. The molecule has 0 atom stereocenters. The van der Waals surface area contributed by atoms with E-state index in [1.807, 2.05) is 0 Å². The fourth-order valence-electron chi connectivity index (χ4n) is 1.46. The van der Waals surface area contributed by atoms with E-state index in [9.17, 15) is 9.59 Å². The molecule has 0 amide bonds. The molecule has 7 heteroatoms. The smallest absolute Gasteiger partial charge is 0.202 e. The number of carbonyl (C=O) groups excluding carboxylic acids is 2. The summed E-state index contributed by atoms with van der Waals surface area (Å²) in [5, 5.41) is 0.299. The van der Waals surface area contributed by atoms with Gasteiger partial charge in [0, 0.05) is 11.1 Å². The summed E-state index contributed by atoms with van der Waals surface area (Å²) in [6, 6.07) is 6.37. The molecule has 0 saturated heterocycles. The van der Waals surface area contributed by atoms with Gasteiger partial charge in [-0.25, -0.2) is 0 Å². The largest absolute Gasteiger partial charge is 0.484 e. The van der Waals surface area contributed by atoms with Gasteiger partial charge in [0.2, 0.25) is 5.78 Å². The third kappa shape index (κ3) is 3.69. The fraction of sp³-hybridized carbons (Fsp3) is 0.0769. The van der Waals surface area contributed by atoms with E-state index in [4.69, 9.17) is 16.3 Å². The first kappa shape index (κ1) is 15.7. The number of halogens is 3. The summed E-state index contributed by atoms with van der Waals surface area (Å²) >= 11 is 14.0. The van der Waals surface area contributed by atoms with Gasteiger partial charge in [-0.3, -0.25) is 9.59 Å². The quantitative estimate of drug-likeness (QED) is 0.487. The Bertz CT molecular complexity index is 670. The molecule has 0 aliphatic rings. The van der Waals surface area contributed by atoms with Crippen LogP contribution in [0, 0.1) is 0 Å². The summed E-state index contributed by atoms with van der Waals surface area (Å²) in [4.78, 5) is 22.6. The number of benzene rings is 1. The monoisotopic (exact) mass is 436 g/mol. The molecule has 0 radical (unpaired) electrons. The van der Waals surface area contributed by atoms with E-state index in [1.165, 1.54) is 17.4 Å². The van der Waals surface area contributed by atoms with Gasteiger partial charge in [-0.15, -0.1) is 11.3 Å². The highest BCUT2D eigenvalue weighted by Crippen LogP contribution is 2.32. The van der Waals surface area contributed by atoms with E-state index in [1.54, 1.807) is 18.2 Å². The van der Waals surface area contributed by atoms with Gasteiger partial charge in [0.1, 0.15) is 12.0 Å². The molecular weight excluding hydrogens is 431 g/mol. The van der Waals surface area contributed by atoms with Crippen LogP contribution in [0.15, 0.2) is 31.8 Å². The zero-order valence-corrected chi connectivity index (χ0v) is 14.6. The number of Topliss-reactive ketones (excluding diaryl/α,β-unsaturated/α-hetero) is 1. The Morgan fingerprint density at radius 2 is 2.10 bits per heavy atom. The van der Waals surface area contributed by atoms with Gasteiger partial charge < -0.3 is 4.74 Å². The summed E-state index contributed by atoms with van der Waals surface area (Å²) in [5.74, 6) is 0.213. The van der Waals surface area contributed by atoms with E-state index < -0.39 is 0 Å². The minimum atomic E-state index is -0.158. The van der Waals surface area contributed by atoms with Crippen molar-refractivity contribution in [2.24, 2.45) is 0 Å². The molecule has 3 nitrogen and oxygen atoms in total. The van der Waals surface area contributed by atoms with E-state index in [-0.39, 0.29) is 12.4 Å². The predicted molar refractivity (Wildman–Crippen MR) is 86.4 cm³/mol. The molecule has 1 aromatic carbocycles. The molecule has 1 aromatic heterocycles. The molecule has 0 fully saturated rings. The van der Waals surface area contributed by atoms with Gasteiger partial charge in [0.25, 0.3) is 0 Å². The summed E-state index contributed by atoms with van der Waals surface area (Å²) in [5.41, 5.74) is 1.01. The van der Waals surface area contributed by atoms with Crippen LogP contribution in [-0.4, -0.2) is 18.7 Å². The van der Waals surface area contributed by atoms with Crippen molar-refractivity contribution in [1.82, 2.24) is 0 Å². The van der Waals surface area contributed by atoms with Crippen molar-refractivity contribution in [1.29, 1.82) is 0 Å². The first-order valence-corrected chi connectivity index (χ1v) is 8.15. The average Bonchev–Trinajstić information content (AvgIpc) is 2.76. The van der Waals surface area contributed by atoms with Crippen LogP contribution in [-0.2, 0) is 0 Å². The number of aldehydes is 1. The van der Waals surface area contributed by atoms with E-state index in [0.717, 1.165) is 7.57 Å². The van der Waals surface area contributed by atoms with Crippen molar-refractivity contribution < 1.29 is 14.3 Å². The van der Waals surface area contributed by atoms with Gasteiger partial charge in [-0.2, -0.15) is 0 Å². The van der Waals surface area contributed by atoms with Crippen molar-refractivity contribution >= 4 is 66.9 Å². The lowest BCUT2D eigenvalue weighted by Gasteiger charge is -2.07. The minimum absolute atomic E-state index is 0.123. The van der Waals surface area contributed by atoms with Crippen molar-refractivity contribution in [3.8, 4) is 5.75 Å². The molecule has 20 heavy (non-hydrogen) atoms. The lowest BCUT2D eigenvalue weighted by Crippen LogP contribution is -2.11. The standard InChI is InChI=1S/C13H7Br2ClO3S/c14-12-4-8(13(15)20-12)10(18)6-19-11-2-1-7(5-17)3-9(11)16/h1-5H,6H2. The van der Waals surface area contributed by atoms with Crippen molar-refractivity contribution in [2.75, 3.05) is 6.61 Å². The van der Waals surface area contributed by atoms with Crippen LogP contribution in [0.3, 0.4) is 0 Å². The topological polar surface area (TPSA) is 43.4 Å². The normalized spacial score (nSPS) is 10.3. The second-order valence-electron chi connectivity index (χ2n) is 3.76. The Labute approximate surface area is 141 Å². The Balaban J connectivity index is 2.07. The van der Waals surface area contributed by atoms with Crippen LogP contribution < -0.4 is 4.74 Å². The van der Waals surface area contributed by atoms with Crippen LogP contribution in [0.2, 0.25) is 5.02 Å². The highest BCUT2D eigenvalue weighted by molar-refractivity contribution is 9.12. The van der Waals surface area contributed by atoms with Crippen molar-refractivity contribution in [3.05, 3.63) is 48.0 Å². The maximum absolute atomic E-state index is 12.0. The molecule has 0 aliphatic carbocycles. The molecular formula is C13H7Br2ClO3S. The van der Waals surface area contributed by atoms with Crippen LogP contribution >= 0.6 is 54.8 Å². The Morgan fingerprint density at radius 3 is 2.65 bits per heavy atom. The number of ether oxygens (including phenoxy) is 1. The van der Waals surface area contributed by atoms with Crippen LogP contribution in [0.1, 0.15) is 20.7 Å². The number of thiophene rings is 1. The fourth-order valence-corrected chi connectivity index (χ4v) is 4.56. The van der Waals surface area contributed by atoms with Gasteiger partial charge in [0.15, 0.2) is 6.61 Å². The molecule has 2 aromatic rings. The highest BCUT2D eigenvalue weighted by atomic mass is 79.9. The van der Waals surface area contributed by atoms with Crippen molar-refractivity contribution in [2.45, 2.75) is 0 Å². The molecule has 0 spiro atoms. The second kappa shape index (κ2) is 6.85. The summed E-state index contributed by atoms with van der Waals surface area (Å²) < 4.78 is 7.00. The first-order chi connectivity index (χ1) is 9.51. The maximum Gasteiger partial charge on any atom is 0.202 e. The van der Waals surface area contributed by atoms with E-state index >= 15 is 0 Å². The SMILES string of the molecule is O=Cc1ccc(OCC(=O)c2cc(Br)sc2Br)c(Cl)c1. The summed E-state index contributed by atoms with van der Waals surface area (Å²) in [7, 11) is 0. The number of rotatable bonds is 5. The Hall–Kier alpha value is -0.690. The molecule has 0 aliphatic heterocycles. The molecule has 2 rings (SSSR count). The first-order valence-electron chi connectivity index (χ1n) is 5.37. The van der Waals surface area contributed by atoms with Gasteiger partial charge in [-0.05, 0) is 56.1 Å². The van der Waals surface area contributed by atoms with Crippen molar-refractivity contribution in [3.63, 3.8) is 0 Å². The third-order valence-corrected chi connectivity index (χ3v) is 5.04.